The molecule has 5 aromatic rings. The topological polar surface area (TPSA) is 30.7 Å². The zero-order valence-corrected chi connectivity index (χ0v) is 26.9. The number of thioether (sulfide) groups is 1. The molecule has 0 spiro atoms. The van der Waals surface area contributed by atoms with E-state index in [9.17, 15) is 0 Å². The molecule has 0 bridgehead atoms. The summed E-state index contributed by atoms with van der Waals surface area (Å²) in [5.74, 6) is 1.73. The normalized spacial score (nSPS) is 18.4. The van der Waals surface area contributed by atoms with Gasteiger partial charge in [-0.3, -0.25) is 4.98 Å². The Bertz CT molecular complexity index is 1730. The number of fused-ring (bicyclic) bond motifs is 3. The minimum atomic E-state index is -0.0833. The Hall–Kier alpha value is -2.98. The van der Waals surface area contributed by atoms with Crippen molar-refractivity contribution in [2.45, 2.75) is 62.1 Å². The van der Waals surface area contributed by atoms with E-state index in [2.05, 4.69) is 91.0 Å². The fourth-order valence-electron chi connectivity index (χ4n) is 6.64. The summed E-state index contributed by atoms with van der Waals surface area (Å²) in [4.78, 5) is 10.8. The smallest absolute Gasteiger partial charge is 0.0777 e. The first-order chi connectivity index (χ1) is 19.5. The number of para-hydroxylation sites is 1. The summed E-state index contributed by atoms with van der Waals surface area (Å²) >= 11 is 1.88. The number of allylic oxidation sites excluding steroid dienone is 2. The SMILES string of the molecule is CC1(C)C=C(C2CCCC2)c2cccc3nc(-c4[c-]cccc4)n1c23.CC1Sc2ccc[c-]c2-c2ncccc21.[Ir]. The van der Waals surface area contributed by atoms with E-state index in [1.165, 1.54) is 47.2 Å². The van der Waals surface area contributed by atoms with Crippen LogP contribution < -0.4 is 0 Å². The van der Waals surface area contributed by atoms with E-state index in [0.29, 0.717) is 11.2 Å². The number of imidazole rings is 1. The van der Waals surface area contributed by atoms with Crippen molar-refractivity contribution in [2.75, 3.05) is 0 Å². The van der Waals surface area contributed by atoms with E-state index < -0.39 is 0 Å². The monoisotopic (exact) mass is 732 g/mol. The van der Waals surface area contributed by atoms with Crippen LogP contribution in [0.1, 0.15) is 62.8 Å². The van der Waals surface area contributed by atoms with Gasteiger partial charge in [0.2, 0.25) is 0 Å². The van der Waals surface area contributed by atoms with Gasteiger partial charge in [-0.15, -0.1) is 65.7 Å². The predicted molar refractivity (Wildman–Crippen MR) is 166 cm³/mol. The Balaban J connectivity index is 0.000000162. The van der Waals surface area contributed by atoms with Crippen molar-refractivity contribution < 1.29 is 20.1 Å². The van der Waals surface area contributed by atoms with Gasteiger partial charge in [-0.25, -0.2) is 0 Å². The molecule has 41 heavy (non-hydrogen) atoms. The number of aromatic nitrogens is 3. The van der Waals surface area contributed by atoms with Crippen molar-refractivity contribution >= 4 is 28.4 Å². The zero-order valence-electron chi connectivity index (χ0n) is 23.6. The minimum Gasteiger partial charge on any atom is -0.355 e. The third-order valence-electron chi connectivity index (χ3n) is 8.45. The summed E-state index contributed by atoms with van der Waals surface area (Å²) < 4.78 is 2.42. The first-order valence-corrected chi connectivity index (χ1v) is 15.2. The van der Waals surface area contributed by atoms with Crippen LogP contribution in [0.4, 0.5) is 0 Å². The summed E-state index contributed by atoms with van der Waals surface area (Å²) in [6, 6.07) is 31.7. The maximum Gasteiger partial charge on any atom is 0.0777 e. The van der Waals surface area contributed by atoms with Crippen LogP contribution in [0.2, 0.25) is 0 Å². The number of rotatable bonds is 2. The largest absolute Gasteiger partial charge is 0.355 e. The molecule has 3 aromatic carbocycles. The Morgan fingerprint density at radius 1 is 0.927 bits per heavy atom. The molecular weight excluding hydrogens is 699 g/mol. The Kier molecular flexibility index (Phi) is 7.80. The molecule has 1 unspecified atom stereocenters. The fraction of sp³-hybridized carbons (Fsp3) is 0.278. The molecule has 2 aliphatic heterocycles. The van der Waals surface area contributed by atoms with E-state index >= 15 is 0 Å². The van der Waals surface area contributed by atoms with Crippen LogP contribution in [0.5, 0.6) is 0 Å². The van der Waals surface area contributed by atoms with Gasteiger partial charge in [-0.05, 0) is 56.0 Å². The molecule has 8 rings (SSSR count). The van der Waals surface area contributed by atoms with Crippen LogP contribution in [0.25, 0.3) is 39.3 Å². The minimum absolute atomic E-state index is 0. The van der Waals surface area contributed by atoms with Crippen LogP contribution in [0, 0.1) is 18.1 Å². The summed E-state index contributed by atoms with van der Waals surface area (Å²) in [6.45, 7) is 6.85. The molecule has 2 aromatic heterocycles. The van der Waals surface area contributed by atoms with Gasteiger partial charge in [-0.1, -0.05) is 54.5 Å². The molecule has 209 valence electrons. The molecular formula is C36H33IrN3S-2. The third kappa shape index (κ3) is 5.03. The second kappa shape index (κ2) is 11.4. The maximum atomic E-state index is 5.01. The molecule has 5 heteroatoms. The molecule has 1 radical (unpaired) electrons. The zero-order chi connectivity index (χ0) is 27.3. The van der Waals surface area contributed by atoms with Gasteiger partial charge in [0.25, 0.3) is 0 Å². The van der Waals surface area contributed by atoms with Crippen LogP contribution in [-0.4, -0.2) is 14.5 Å². The van der Waals surface area contributed by atoms with Crippen molar-refractivity contribution in [1.82, 2.24) is 14.5 Å². The standard InChI is InChI=1S/C23H23N2.C13H10NS.Ir/c1-23(2)15-19(16-9-6-7-10-16)18-13-8-14-20-21(18)25(23)22(24-20)17-11-4-3-5-12-17;1-9-10-6-4-8-14-13(10)11-5-2-3-7-12(11)15-9;/h3-5,8,11,13-16H,6-7,9-10H2,1-2H3;2-4,6-9H,1H3;/q2*-1;. The van der Waals surface area contributed by atoms with Crippen molar-refractivity contribution in [2.24, 2.45) is 5.92 Å². The molecule has 1 atom stereocenters. The first-order valence-electron chi connectivity index (χ1n) is 14.4. The molecule has 0 saturated heterocycles. The van der Waals surface area contributed by atoms with Gasteiger partial charge in [0.15, 0.2) is 0 Å². The number of benzene rings is 3. The van der Waals surface area contributed by atoms with Gasteiger partial charge in [0.1, 0.15) is 0 Å². The van der Waals surface area contributed by atoms with Crippen molar-refractivity contribution in [3.8, 4) is 22.6 Å². The van der Waals surface area contributed by atoms with E-state index in [0.717, 1.165) is 28.2 Å². The molecule has 0 amide bonds. The van der Waals surface area contributed by atoms with Gasteiger partial charge in [-0.2, -0.15) is 11.8 Å². The van der Waals surface area contributed by atoms with Crippen molar-refractivity contribution in [3.63, 3.8) is 0 Å². The molecule has 0 N–H and O–H groups in total. The van der Waals surface area contributed by atoms with Crippen LogP contribution >= 0.6 is 11.8 Å². The van der Waals surface area contributed by atoms with E-state index in [1.54, 1.807) is 5.57 Å². The predicted octanol–water partition coefficient (Wildman–Crippen LogP) is 9.54. The Labute approximate surface area is 260 Å². The van der Waals surface area contributed by atoms with E-state index in [1.807, 2.05) is 48.3 Å². The van der Waals surface area contributed by atoms with Crippen molar-refractivity contribution in [1.29, 1.82) is 0 Å². The average Bonchev–Trinajstić information content (AvgIpc) is 3.66. The van der Waals surface area contributed by atoms with Gasteiger partial charge in [0, 0.05) is 37.1 Å². The van der Waals surface area contributed by atoms with E-state index in [-0.39, 0.29) is 25.6 Å². The van der Waals surface area contributed by atoms with Gasteiger partial charge < -0.3 is 9.55 Å². The number of hydrogen-bond donors (Lipinski definition) is 0. The second-order valence-electron chi connectivity index (χ2n) is 11.6. The maximum absolute atomic E-state index is 5.01. The summed E-state index contributed by atoms with van der Waals surface area (Å²) in [7, 11) is 0. The Morgan fingerprint density at radius 3 is 2.56 bits per heavy atom. The molecule has 3 aliphatic rings. The summed E-state index contributed by atoms with van der Waals surface area (Å²) in [5.41, 5.74) is 9.87. The number of nitrogens with zero attached hydrogens (tertiary/aromatic N) is 3. The molecule has 1 aliphatic carbocycles. The van der Waals surface area contributed by atoms with Crippen LogP contribution in [-0.2, 0) is 25.6 Å². The molecule has 4 heterocycles. The third-order valence-corrected chi connectivity index (χ3v) is 9.65. The van der Waals surface area contributed by atoms with Gasteiger partial charge in [0.05, 0.1) is 22.4 Å². The van der Waals surface area contributed by atoms with Crippen LogP contribution in [0.3, 0.4) is 0 Å². The summed E-state index contributed by atoms with van der Waals surface area (Å²) in [6.07, 6.45) is 9.73. The van der Waals surface area contributed by atoms with Gasteiger partial charge >= 0.3 is 0 Å². The molecule has 1 saturated carbocycles. The first kappa shape index (κ1) is 28.2. The molecule has 3 nitrogen and oxygen atoms in total. The number of hydrogen-bond acceptors (Lipinski definition) is 3. The van der Waals surface area contributed by atoms with E-state index in [4.69, 9.17) is 4.98 Å². The second-order valence-corrected chi connectivity index (χ2v) is 12.9. The summed E-state index contributed by atoms with van der Waals surface area (Å²) in [5, 5.41) is 0.483. The Morgan fingerprint density at radius 2 is 1.76 bits per heavy atom. The number of pyridine rings is 1. The molecule has 1 fully saturated rings. The quantitative estimate of drug-likeness (QED) is 0.170. The van der Waals surface area contributed by atoms with Crippen LogP contribution in [0.15, 0.2) is 90.0 Å². The van der Waals surface area contributed by atoms with Crippen molar-refractivity contribution in [3.05, 3.63) is 108 Å². The average molecular weight is 732 g/mol. The fourth-order valence-corrected chi connectivity index (χ4v) is 7.77.